The van der Waals surface area contributed by atoms with Crippen LogP contribution in [0.3, 0.4) is 0 Å². The maximum Gasteiger partial charge on any atom is 0.251 e. The molecule has 0 atom stereocenters. The van der Waals surface area contributed by atoms with Crippen molar-refractivity contribution in [1.29, 1.82) is 0 Å². The fraction of sp³-hybridized carbons (Fsp3) is 0.480. The summed E-state index contributed by atoms with van der Waals surface area (Å²) in [4.78, 5) is 20.9. The number of pyridine rings is 1. The highest BCUT2D eigenvalue weighted by molar-refractivity contribution is 14.0. The van der Waals surface area contributed by atoms with Gasteiger partial charge in [-0.05, 0) is 68.4 Å². The van der Waals surface area contributed by atoms with E-state index in [1.54, 1.807) is 13.2 Å². The fourth-order valence-corrected chi connectivity index (χ4v) is 3.82. The molecule has 1 aliphatic rings. The highest BCUT2D eigenvalue weighted by Crippen LogP contribution is 2.22. The maximum absolute atomic E-state index is 11.8. The van der Waals surface area contributed by atoms with Gasteiger partial charge in [-0.3, -0.25) is 4.79 Å². The number of nitrogens with zero attached hydrogens (tertiary/aromatic N) is 2. The third kappa shape index (κ3) is 9.19. The lowest BCUT2D eigenvalue weighted by molar-refractivity contribution is 0.0963. The number of carbonyl (C=O) groups excluding carboxylic acids is 1. The number of carbonyl (C=O) groups is 1. The Hall–Kier alpha value is -2.36. The van der Waals surface area contributed by atoms with Gasteiger partial charge in [-0.25, -0.2) is 9.98 Å². The molecule has 7 nitrogen and oxygen atoms in total. The lowest BCUT2D eigenvalue weighted by atomic mass is 9.98. The summed E-state index contributed by atoms with van der Waals surface area (Å²) in [5, 5.41) is 9.32. The summed E-state index contributed by atoms with van der Waals surface area (Å²) >= 11 is 0. The van der Waals surface area contributed by atoms with Crippen molar-refractivity contribution in [2.45, 2.75) is 58.1 Å². The van der Waals surface area contributed by atoms with E-state index in [1.807, 2.05) is 43.3 Å². The molecule has 1 heterocycles. The lowest BCUT2D eigenvalue weighted by Crippen LogP contribution is -2.38. The van der Waals surface area contributed by atoms with Crippen LogP contribution in [0, 0.1) is 0 Å². The Kier molecular flexibility index (Phi) is 12.0. The molecule has 8 heteroatoms. The normalized spacial score (nSPS) is 14.2. The molecule has 180 valence electrons. The van der Waals surface area contributed by atoms with E-state index >= 15 is 0 Å². The number of aliphatic imine (C=N–C) groups is 1. The highest BCUT2D eigenvalue weighted by Gasteiger charge is 2.15. The van der Waals surface area contributed by atoms with Crippen LogP contribution < -0.4 is 20.7 Å². The van der Waals surface area contributed by atoms with E-state index in [0.717, 1.165) is 49.4 Å². The molecular formula is C25H36IN5O2. The Morgan fingerprint density at radius 2 is 1.94 bits per heavy atom. The summed E-state index contributed by atoms with van der Waals surface area (Å²) < 4.78 is 6.08. The van der Waals surface area contributed by atoms with E-state index < -0.39 is 0 Å². The second kappa shape index (κ2) is 14.7. The predicted molar refractivity (Wildman–Crippen MR) is 144 cm³/mol. The molecular weight excluding hydrogens is 529 g/mol. The van der Waals surface area contributed by atoms with Crippen LogP contribution in [0.1, 0.15) is 60.5 Å². The molecule has 1 aliphatic carbocycles. The summed E-state index contributed by atoms with van der Waals surface area (Å²) in [6, 6.07) is 11.7. The number of amides is 1. The van der Waals surface area contributed by atoms with Crippen molar-refractivity contribution in [2.24, 2.45) is 4.99 Å². The predicted octanol–water partition coefficient (Wildman–Crippen LogP) is 4.07. The zero-order valence-corrected chi connectivity index (χ0v) is 21.9. The number of ether oxygens (including phenoxy) is 1. The van der Waals surface area contributed by atoms with Gasteiger partial charge in [0.1, 0.15) is 6.10 Å². The van der Waals surface area contributed by atoms with Crippen LogP contribution in [0.5, 0.6) is 5.88 Å². The first-order valence-corrected chi connectivity index (χ1v) is 11.6. The molecule has 1 aromatic carbocycles. The topological polar surface area (TPSA) is 87.6 Å². The molecule has 3 N–H and O–H groups in total. The Morgan fingerprint density at radius 1 is 1.12 bits per heavy atom. The zero-order valence-electron chi connectivity index (χ0n) is 19.6. The molecule has 0 bridgehead atoms. The molecule has 1 fully saturated rings. The van der Waals surface area contributed by atoms with Gasteiger partial charge in [-0.2, -0.15) is 0 Å². The van der Waals surface area contributed by atoms with Crippen molar-refractivity contribution in [1.82, 2.24) is 20.9 Å². The number of nitrogens with one attached hydrogen (secondary N) is 3. The van der Waals surface area contributed by atoms with E-state index in [0.29, 0.717) is 18.0 Å². The molecule has 3 rings (SSSR count). The van der Waals surface area contributed by atoms with Crippen LogP contribution >= 0.6 is 24.0 Å². The Bertz CT molecular complexity index is 900. The zero-order chi connectivity index (χ0) is 22.6. The quantitative estimate of drug-likeness (QED) is 0.243. The van der Waals surface area contributed by atoms with Crippen LogP contribution in [0.25, 0.3) is 0 Å². The minimum atomic E-state index is -0.0705. The molecule has 33 heavy (non-hydrogen) atoms. The second-order valence-electron chi connectivity index (χ2n) is 8.03. The van der Waals surface area contributed by atoms with E-state index in [2.05, 4.69) is 20.9 Å². The summed E-state index contributed by atoms with van der Waals surface area (Å²) in [5.41, 5.74) is 2.85. The number of hydrogen-bond donors (Lipinski definition) is 3. The van der Waals surface area contributed by atoms with Crippen molar-refractivity contribution in [3.8, 4) is 5.88 Å². The molecule has 0 unspecified atom stereocenters. The number of hydrogen-bond acceptors (Lipinski definition) is 4. The van der Waals surface area contributed by atoms with E-state index in [9.17, 15) is 4.79 Å². The molecule has 0 aliphatic heterocycles. The van der Waals surface area contributed by atoms with Crippen LogP contribution in [0.4, 0.5) is 0 Å². The average molecular weight is 566 g/mol. The van der Waals surface area contributed by atoms with Gasteiger partial charge in [-0.15, -0.1) is 24.0 Å². The number of guanidine groups is 1. The molecule has 1 saturated carbocycles. The molecule has 1 aromatic heterocycles. The maximum atomic E-state index is 11.8. The van der Waals surface area contributed by atoms with Crippen LogP contribution in [0.15, 0.2) is 47.6 Å². The van der Waals surface area contributed by atoms with Crippen molar-refractivity contribution in [3.05, 3.63) is 59.3 Å². The van der Waals surface area contributed by atoms with Gasteiger partial charge in [0.25, 0.3) is 5.91 Å². The summed E-state index contributed by atoms with van der Waals surface area (Å²) in [6.07, 6.45) is 8.89. The smallest absolute Gasteiger partial charge is 0.251 e. The van der Waals surface area contributed by atoms with Crippen molar-refractivity contribution < 1.29 is 9.53 Å². The second-order valence-corrected chi connectivity index (χ2v) is 8.03. The van der Waals surface area contributed by atoms with E-state index in [-0.39, 0.29) is 36.0 Å². The van der Waals surface area contributed by atoms with E-state index in [1.165, 1.54) is 19.3 Å². The van der Waals surface area contributed by atoms with Crippen LogP contribution in [0.2, 0.25) is 0 Å². The largest absolute Gasteiger partial charge is 0.474 e. The molecule has 0 radical (unpaired) electrons. The third-order valence-corrected chi connectivity index (χ3v) is 5.53. The monoisotopic (exact) mass is 565 g/mol. The van der Waals surface area contributed by atoms with Gasteiger partial charge < -0.3 is 20.7 Å². The number of aromatic nitrogens is 1. The van der Waals surface area contributed by atoms with Gasteiger partial charge in [0.2, 0.25) is 5.88 Å². The summed E-state index contributed by atoms with van der Waals surface area (Å²) in [5.74, 6) is 1.39. The minimum Gasteiger partial charge on any atom is -0.474 e. The van der Waals surface area contributed by atoms with Gasteiger partial charge in [0.05, 0.1) is 6.54 Å². The van der Waals surface area contributed by atoms with Gasteiger partial charge in [0, 0.05) is 38.0 Å². The Labute approximate surface area is 214 Å². The van der Waals surface area contributed by atoms with Crippen LogP contribution in [-0.2, 0) is 13.0 Å². The molecule has 0 spiro atoms. The van der Waals surface area contributed by atoms with Gasteiger partial charge in [-0.1, -0.05) is 18.6 Å². The highest BCUT2D eigenvalue weighted by atomic mass is 127. The minimum absolute atomic E-state index is 0. The van der Waals surface area contributed by atoms with Gasteiger partial charge >= 0.3 is 0 Å². The van der Waals surface area contributed by atoms with Crippen molar-refractivity contribution >= 4 is 35.8 Å². The Morgan fingerprint density at radius 3 is 2.70 bits per heavy atom. The van der Waals surface area contributed by atoms with Crippen molar-refractivity contribution in [2.75, 3.05) is 20.1 Å². The first-order chi connectivity index (χ1) is 15.7. The van der Waals surface area contributed by atoms with Crippen LogP contribution in [-0.4, -0.2) is 43.1 Å². The molecule has 1 amide bonds. The number of halogens is 1. The lowest BCUT2D eigenvalue weighted by Gasteiger charge is -2.22. The average Bonchev–Trinajstić information content (AvgIpc) is 2.83. The SMILES string of the molecule is CCNC(=NCc1ccnc(OC2CCCCC2)c1)NCCc1cccc(C(=O)NC)c1.I. The first kappa shape index (κ1) is 26.9. The summed E-state index contributed by atoms with van der Waals surface area (Å²) in [7, 11) is 1.64. The first-order valence-electron chi connectivity index (χ1n) is 11.6. The summed E-state index contributed by atoms with van der Waals surface area (Å²) in [6.45, 7) is 4.09. The van der Waals surface area contributed by atoms with Crippen molar-refractivity contribution in [3.63, 3.8) is 0 Å². The fourth-order valence-electron chi connectivity index (χ4n) is 3.82. The Balaban J connectivity index is 0.00000385. The standard InChI is InChI=1S/C25H35N5O2.HI/c1-3-27-25(29-15-12-19-8-7-9-21(16-19)24(31)26-2)30-18-20-13-14-28-23(17-20)32-22-10-5-4-6-11-22;/h7-9,13-14,16-17,22H,3-6,10-12,15,18H2,1-2H3,(H,26,31)(H2,27,29,30);1H. The number of rotatable bonds is 9. The van der Waals surface area contributed by atoms with Gasteiger partial charge in [0.15, 0.2) is 5.96 Å². The molecule has 0 saturated heterocycles. The number of benzene rings is 1. The molecule has 2 aromatic rings. The van der Waals surface area contributed by atoms with E-state index in [4.69, 9.17) is 9.73 Å². The third-order valence-electron chi connectivity index (χ3n) is 5.53.